The summed E-state index contributed by atoms with van der Waals surface area (Å²) in [6, 6.07) is 0. The van der Waals surface area contributed by atoms with Gasteiger partial charge in [-0.1, -0.05) is 20.3 Å². The van der Waals surface area contributed by atoms with Crippen LogP contribution in [0.3, 0.4) is 0 Å². The number of nitrogens with zero attached hydrogens (tertiary/aromatic N) is 1. The average Bonchev–Trinajstić information content (AvgIpc) is 2.55. The summed E-state index contributed by atoms with van der Waals surface area (Å²) in [5.74, 6) is -0.220. The SMILES string of the molecule is CCC(C)([O-])C(=O)N1CCCC1.[Li+]. The molecule has 1 atom stereocenters. The summed E-state index contributed by atoms with van der Waals surface area (Å²) in [6.45, 7) is 4.79. The fourth-order valence-electron chi connectivity index (χ4n) is 1.41. The number of likely N-dealkylation sites (tertiary alicyclic amines) is 1. The number of hydrogen-bond acceptors (Lipinski definition) is 2. The van der Waals surface area contributed by atoms with E-state index in [0.717, 1.165) is 25.9 Å². The van der Waals surface area contributed by atoms with Crippen LogP contribution < -0.4 is 24.0 Å². The smallest absolute Gasteiger partial charge is 0.843 e. The Labute approximate surface area is 91.7 Å². The molecule has 0 spiro atoms. The molecule has 1 aliphatic heterocycles. The zero-order chi connectivity index (χ0) is 9.19. The molecule has 1 aliphatic rings. The first-order valence-electron chi connectivity index (χ1n) is 4.57. The quantitative estimate of drug-likeness (QED) is 0.426. The van der Waals surface area contributed by atoms with Gasteiger partial charge in [0.25, 0.3) is 0 Å². The molecular formula is C9H16LiNO2. The second-order valence-corrected chi connectivity index (χ2v) is 3.58. The number of amides is 1. The zero-order valence-corrected chi connectivity index (χ0v) is 8.80. The first-order valence-corrected chi connectivity index (χ1v) is 4.57. The summed E-state index contributed by atoms with van der Waals surface area (Å²) in [6.07, 6.45) is 2.47. The summed E-state index contributed by atoms with van der Waals surface area (Å²) in [5, 5.41) is 11.6. The normalized spacial score (nSPS) is 20.7. The van der Waals surface area contributed by atoms with Crippen molar-refractivity contribution >= 4 is 5.91 Å². The maximum absolute atomic E-state index is 11.6. The van der Waals surface area contributed by atoms with Crippen LogP contribution in [0, 0.1) is 0 Å². The standard InChI is InChI=1S/C9H16NO2.Li/c1-3-9(2,12)8(11)10-6-4-5-7-10;/h3-7H2,1-2H3;/q-1;+1. The van der Waals surface area contributed by atoms with E-state index in [0.29, 0.717) is 6.42 Å². The molecule has 0 aromatic carbocycles. The minimum Gasteiger partial charge on any atom is -0.843 e. The minimum absolute atomic E-state index is 0. The summed E-state index contributed by atoms with van der Waals surface area (Å²) in [5.41, 5.74) is -1.40. The summed E-state index contributed by atoms with van der Waals surface area (Å²) in [7, 11) is 0. The first kappa shape index (κ1) is 13.0. The van der Waals surface area contributed by atoms with Gasteiger partial charge in [-0.05, 0) is 18.4 Å². The average molecular weight is 177 g/mol. The van der Waals surface area contributed by atoms with Crippen LogP contribution in [-0.4, -0.2) is 29.5 Å². The van der Waals surface area contributed by atoms with Crippen molar-refractivity contribution in [1.29, 1.82) is 0 Å². The molecule has 0 N–H and O–H groups in total. The van der Waals surface area contributed by atoms with Gasteiger partial charge in [0.2, 0.25) is 5.91 Å². The molecule has 1 heterocycles. The van der Waals surface area contributed by atoms with Gasteiger partial charge in [-0.25, -0.2) is 0 Å². The monoisotopic (exact) mass is 177 g/mol. The van der Waals surface area contributed by atoms with Crippen molar-refractivity contribution in [3.05, 3.63) is 0 Å². The molecule has 0 bridgehead atoms. The Morgan fingerprint density at radius 2 is 1.92 bits per heavy atom. The third-order valence-electron chi connectivity index (χ3n) is 2.52. The number of hydrogen-bond donors (Lipinski definition) is 0. The van der Waals surface area contributed by atoms with Crippen LogP contribution in [0.4, 0.5) is 0 Å². The van der Waals surface area contributed by atoms with Crippen molar-refractivity contribution < 1.29 is 28.8 Å². The summed E-state index contributed by atoms with van der Waals surface area (Å²) in [4.78, 5) is 13.2. The molecule has 1 fully saturated rings. The third-order valence-corrected chi connectivity index (χ3v) is 2.52. The van der Waals surface area contributed by atoms with Crippen molar-refractivity contribution in [2.75, 3.05) is 13.1 Å². The molecule has 0 aromatic rings. The molecular weight excluding hydrogens is 161 g/mol. The second-order valence-electron chi connectivity index (χ2n) is 3.58. The Morgan fingerprint density at radius 3 is 2.31 bits per heavy atom. The maximum atomic E-state index is 11.6. The van der Waals surface area contributed by atoms with E-state index in [1.807, 2.05) is 0 Å². The second kappa shape index (κ2) is 5.04. The van der Waals surface area contributed by atoms with Gasteiger partial charge in [0.15, 0.2) is 0 Å². The molecule has 13 heavy (non-hydrogen) atoms. The van der Waals surface area contributed by atoms with Crippen molar-refractivity contribution in [1.82, 2.24) is 4.90 Å². The fraction of sp³-hybridized carbons (Fsp3) is 0.889. The van der Waals surface area contributed by atoms with Gasteiger partial charge in [0, 0.05) is 13.1 Å². The van der Waals surface area contributed by atoms with E-state index in [1.165, 1.54) is 6.92 Å². The van der Waals surface area contributed by atoms with E-state index in [1.54, 1.807) is 11.8 Å². The van der Waals surface area contributed by atoms with Gasteiger partial charge < -0.3 is 10.0 Å². The molecule has 1 rings (SSSR count). The van der Waals surface area contributed by atoms with Crippen LogP contribution in [-0.2, 0) is 4.79 Å². The van der Waals surface area contributed by atoms with E-state index in [2.05, 4.69) is 0 Å². The molecule has 1 unspecified atom stereocenters. The van der Waals surface area contributed by atoms with Gasteiger partial charge in [-0.3, -0.25) is 4.79 Å². The Balaban J connectivity index is 0.00000144. The van der Waals surface area contributed by atoms with E-state index in [4.69, 9.17) is 0 Å². The molecule has 4 heteroatoms. The fourth-order valence-corrected chi connectivity index (χ4v) is 1.41. The van der Waals surface area contributed by atoms with Gasteiger partial charge in [0.05, 0.1) is 0 Å². The van der Waals surface area contributed by atoms with Crippen molar-refractivity contribution in [2.24, 2.45) is 0 Å². The molecule has 3 nitrogen and oxygen atoms in total. The van der Waals surface area contributed by atoms with Crippen LogP contribution in [0.1, 0.15) is 33.1 Å². The predicted octanol–water partition coefficient (Wildman–Crippen LogP) is -2.86. The van der Waals surface area contributed by atoms with E-state index < -0.39 is 5.60 Å². The molecule has 1 saturated heterocycles. The molecule has 0 radical (unpaired) electrons. The van der Waals surface area contributed by atoms with Crippen LogP contribution in [0.25, 0.3) is 0 Å². The van der Waals surface area contributed by atoms with E-state index in [9.17, 15) is 9.90 Å². The Bertz CT molecular complexity index is 176. The number of carbonyl (C=O) groups excluding carboxylic acids is 1. The first-order chi connectivity index (χ1) is 5.58. The maximum Gasteiger partial charge on any atom is 1.00 e. The molecule has 70 valence electrons. The van der Waals surface area contributed by atoms with E-state index >= 15 is 0 Å². The van der Waals surface area contributed by atoms with Crippen molar-refractivity contribution in [3.8, 4) is 0 Å². The third kappa shape index (κ3) is 3.02. The Kier molecular flexibility index (Phi) is 5.06. The summed E-state index contributed by atoms with van der Waals surface area (Å²) < 4.78 is 0. The number of rotatable bonds is 2. The molecule has 0 aromatic heterocycles. The molecule has 0 saturated carbocycles. The van der Waals surface area contributed by atoms with Crippen LogP contribution in [0.2, 0.25) is 0 Å². The number of carbonyl (C=O) groups is 1. The molecule has 1 amide bonds. The van der Waals surface area contributed by atoms with Crippen molar-refractivity contribution in [3.63, 3.8) is 0 Å². The van der Waals surface area contributed by atoms with Crippen LogP contribution in [0.15, 0.2) is 0 Å². The zero-order valence-electron chi connectivity index (χ0n) is 8.80. The van der Waals surface area contributed by atoms with Gasteiger partial charge in [0.1, 0.15) is 0 Å². The van der Waals surface area contributed by atoms with Gasteiger partial charge >= 0.3 is 18.9 Å². The molecule has 0 aliphatic carbocycles. The largest absolute Gasteiger partial charge is 1.00 e. The van der Waals surface area contributed by atoms with Crippen LogP contribution >= 0.6 is 0 Å². The summed E-state index contributed by atoms with van der Waals surface area (Å²) >= 11 is 0. The van der Waals surface area contributed by atoms with Gasteiger partial charge in [-0.2, -0.15) is 0 Å². The predicted molar refractivity (Wildman–Crippen MR) is 44.5 cm³/mol. The Morgan fingerprint density at radius 1 is 1.46 bits per heavy atom. The topological polar surface area (TPSA) is 43.4 Å². The van der Waals surface area contributed by atoms with Crippen molar-refractivity contribution in [2.45, 2.75) is 38.7 Å². The van der Waals surface area contributed by atoms with E-state index in [-0.39, 0.29) is 24.8 Å². The minimum atomic E-state index is -1.40. The Hall–Kier alpha value is 0.0274. The van der Waals surface area contributed by atoms with Crippen LogP contribution in [0.5, 0.6) is 0 Å². The van der Waals surface area contributed by atoms with Gasteiger partial charge in [-0.15, -0.1) is 0 Å².